The highest BCUT2D eigenvalue weighted by atomic mass is 35.5. The summed E-state index contributed by atoms with van der Waals surface area (Å²) in [5, 5.41) is 8.08. The lowest BCUT2D eigenvalue weighted by atomic mass is 10.1. The molecule has 9 heteroatoms. The molecule has 1 N–H and O–H groups in total. The minimum Gasteiger partial charge on any atom is -0.478 e. The molecule has 0 heterocycles. The lowest BCUT2D eigenvalue weighted by Gasteiger charge is -2.01. The third-order valence-corrected chi connectivity index (χ3v) is 5.45. The Balaban J connectivity index is 0.000000264. The number of hydrogen-bond acceptors (Lipinski definition) is 4. The fourth-order valence-electron chi connectivity index (χ4n) is 2.41. The number of aromatic carboxylic acids is 1. The maximum absolute atomic E-state index is 11.2. The van der Waals surface area contributed by atoms with E-state index in [2.05, 4.69) is 0 Å². The first kappa shape index (κ1) is 30.5. The van der Waals surface area contributed by atoms with E-state index in [4.69, 9.17) is 56.2 Å². The molecule has 0 aliphatic rings. The molecular weight excluding hydrogens is 534 g/mol. The van der Waals surface area contributed by atoms with Crippen LogP contribution in [0, 0.1) is 0 Å². The largest absolute Gasteiger partial charge is 0.478 e. The molecule has 3 aromatic rings. The van der Waals surface area contributed by atoms with Crippen molar-refractivity contribution in [1.82, 2.24) is 0 Å². The van der Waals surface area contributed by atoms with Crippen molar-refractivity contribution in [2.24, 2.45) is 0 Å². The lowest BCUT2D eigenvalue weighted by Crippen LogP contribution is -2.04. The summed E-state index contributed by atoms with van der Waals surface area (Å²) in [7, 11) is 0. The molecule has 0 aliphatic heterocycles. The Hall–Kier alpha value is -2.57. The molecule has 0 saturated carbocycles. The second-order valence-electron chi connectivity index (χ2n) is 6.79. The van der Waals surface area contributed by atoms with Crippen LogP contribution in [0.2, 0.25) is 0 Å². The molecular formula is C26H24Cl4O5. The van der Waals surface area contributed by atoms with Gasteiger partial charge in [0.1, 0.15) is 0 Å². The van der Waals surface area contributed by atoms with E-state index in [-0.39, 0.29) is 5.97 Å². The number of carboxylic acids is 1. The molecule has 0 unspecified atom stereocenters. The molecule has 0 aliphatic carbocycles. The number of carbonyl (C=O) groups is 3. The number of benzene rings is 3. The first-order chi connectivity index (χ1) is 16.7. The predicted molar refractivity (Wildman–Crippen MR) is 141 cm³/mol. The van der Waals surface area contributed by atoms with Gasteiger partial charge in [0.2, 0.25) is 0 Å². The molecule has 0 fully saturated rings. The normalized spacial score (nSPS) is 9.63. The summed E-state index contributed by atoms with van der Waals surface area (Å²) in [4.78, 5) is 32.1. The summed E-state index contributed by atoms with van der Waals surface area (Å²) in [5.74, 6) is 0.134. The van der Waals surface area contributed by atoms with E-state index in [1.165, 1.54) is 0 Å². The fourth-order valence-corrected chi connectivity index (χ4v) is 3.07. The van der Waals surface area contributed by atoms with Crippen LogP contribution in [0.3, 0.4) is 0 Å². The number of hydrogen-bond donors (Lipinski definition) is 1. The zero-order valence-electron chi connectivity index (χ0n) is 18.8. The zero-order valence-corrected chi connectivity index (χ0v) is 21.9. The van der Waals surface area contributed by atoms with Crippen LogP contribution in [0.5, 0.6) is 0 Å². The van der Waals surface area contributed by atoms with Crippen LogP contribution in [0.1, 0.15) is 54.7 Å². The highest BCUT2D eigenvalue weighted by molar-refractivity contribution is 6.67. The van der Waals surface area contributed by atoms with Crippen molar-refractivity contribution >= 4 is 63.6 Å². The number of halogens is 4. The molecule has 0 radical (unpaired) electrons. The molecule has 0 aromatic heterocycles. The molecule has 0 bridgehead atoms. The third kappa shape index (κ3) is 11.6. The van der Waals surface area contributed by atoms with E-state index in [1.54, 1.807) is 67.6 Å². The molecule has 0 saturated heterocycles. The molecule has 0 atom stereocenters. The monoisotopic (exact) mass is 556 g/mol. The van der Waals surface area contributed by atoms with E-state index >= 15 is 0 Å². The summed E-state index contributed by atoms with van der Waals surface area (Å²) >= 11 is 21.9. The Labute approximate surface area is 224 Å². The fraction of sp³-hybridized carbons (Fsp3) is 0.192. The van der Waals surface area contributed by atoms with Crippen molar-refractivity contribution in [2.75, 3.05) is 6.61 Å². The minimum absolute atomic E-state index is 0.288. The molecule has 3 aromatic carbocycles. The molecule has 0 spiro atoms. The Morgan fingerprint density at radius 3 is 1.29 bits per heavy atom. The topological polar surface area (TPSA) is 80.7 Å². The minimum atomic E-state index is -0.911. The van der Waals surface area contributed by atoms with Crippen LogP contribution in [0.25, 0.3) is 0 Å². The van der Waals surface area contributed by atoms with Gasteiger partial charge in [0.15, 0.2) is 0 Å². The summed E-state index contributed by atoms with van der Waals surface area (Å²) in [6, 6.07) is 20.4. The van der Waals surface area contributed by atoms with Gasteiger partial charge in [0.25, 0.3) is 5.24 Å². The van der Waals surface area contributed by atoms with Crippen LogP contribution in [-0.2, 0) is 22.4 Å². The Morgan fingerprint density at radius 1 is 0.657 bits per heavy atom. The third-order valence-electron chi connectivity index (χ3n) is 4.31. The van der Waals surface area contributed by atoms with E-state index < -0.39 is 11.2 Å². The van der Waals surface area contributed by atoms with Crippen LogP contribution < -0.4 is 0 Å². The van der Waals surface area contributed by atoms with Crippen molar-refractivity contribution < 1.29 is 24.2 Å². The maximum atomic E-state index is 11.2. The SMILES string of the molecule is CCOC(=O)c1ccc(CCl)cc1.O=C(Cl)c1ccc(CCl)cc1.O=C(O)c1ccc(CCl)cc1. The van der Waals surface area contributed by atoms with Crippen LogP contribution in [0.4, 0.5) is 0 Å². The van der Waals surface area contributed by atoms with Gasteiger partial charge in [-0.2, -0.15) is 0 Å². The van der Waals surface area contributed by atoms with Crippen molar-refractivity contribution in [3.63, 3.8) is 0 Å². The van der Waals surface area contributed by atoms with Gasteiger partial charge >= 0.3 is 11.9 Å². The van der Waals surface area contributed by atoms with Gasteiger partial charge < -0.3 is 9.84 Å². The van der Waals surface area contributed by atoms with E-state index in [9.17, 15) is 14.4 Å². The first-order valence-electron chi connectivity index (χ1n) is 10.3. The van der Waals surface area contributed by atoms with E-state index in [1.807, 2.05) is 12.1 Å². The molecule has 0 amide bonds. The Morgan fingerprint density at radius 2 is 1.00 bits per heavy atom. The van der Waals surface area contributed by atoms with Crippen molar-refractivity contribution in [1.29, 1.82) is 0 Å². The van der Waals surface area contributed by atoms with E-state index in [0.29, 0.717) is 40.9 Å². The van der Waals surface area contributed by atoms with Crippen LogP contribution >= 0.6 is 46.4 Å². The summed E-state index contributed by atoms with van der Waals surface area (Å²) in [6.07, 6.45) is 0. The van der Waals surface area contributed by atoms with Crippen LogP contribution in [-0.4, -0.2) is 28.9 Å². The number of esters is 1. The highest BCUT2D eigenvalue weighted by Gasteiger charge is 2.04. The standard InChI is InChI=1S/C10H11ClO2.C8H6Cl2O.C8H7ClO2/c1-2-13-10(12)9-5-3-8(7-11)4-6-9;2*9-5-6-1-3-7(4-2-6)8(10)11/h3-6H,2,7H2,1H3;1-4H,5H2;1-4H,5H2,(H,10,11). The first-order valence-corrected chi connectivity index (χ1v) is 12.3. The number of alkyl halides is 3. The Bertz CT molecular complexity index is 1010. The number of rotatable bonds is 7. The average Bonchev–Trinajstić information content (AvgIpc) is 2.89. The maximum Gasteiger partial charge on any atom is 0.338 e. The number of carboxylic acid groups (broad SMARTS) is 1. The van der Waals surface area contributed by atoms with Crippen LogP contribution in [0.15, 0.2) is 72.8 Å². The van der Waals surface area contributed by atoms with E-state index in [0.717, 1.165) is 16.7 Å². The van der Waals surface area contributed by atoms with Gasteiger partial charge in [0, 0.05) is 23.2 Å². The van der Waals surface area contributed by atoms with Gasteiger partial charge in [-0.05, 0) is 71.6 Å². The number of ether oxygens (including phenoxy) is 1. The predicted octanol–water partition coefficient (Wildman–Crippen LogP) is 7.53. The lowest BCUT2D eigenvalue weighted by molar-refractivity contribution is 0.0525. The highest BCUT2D eigenvalue weighted by Crippen LogP contribution is 2.09. The van der Waals surface area contributed by atoms with Crippen molar-refractivity contribution in [2.45, 2.75) is 24.6 Å². The van der Waals surface area contributed by atoms with Gasteiger partial charge in [-0.15, -0.1) is 34.8 Å². The molecule has 35 heavy (non-hydrogen) atoms. The molecule has 5 nitrogen and oxygen atoms in total. The zero-order chi connectivity index (χ0) is 26.2. The summed E-state index contributed by atoms with van der Waals surface area (Å²) in [5.41, 5.74) is 4.26. The molecule has 186 valence electrons. The van der Waals surface area contributed by atoms with Crippen molar-refractivity contribution in [3.05, 3.63) is 106 Å². The Kier molecular flexibility index (Phi) is 14.8. The molecule has 3 rings (SSSR count). The second-order valence-corrected chi connectivity index (χ2v) is 7.94. The van der Waals surface area contributed by atoms with Gasteiger partial charge in [0.05, 0.1) is 17.7 Å². The van der Waals surface area contributed by atoms with Gasteiger partial charge in [-0.1, -0.05) is 36.4 Å². The summed E-state index contributed by atoms with van der Waals surface area (Å²) < 4.78 is 4.83. The van der Waals surface area contributed by atoms with Crippen molar-refractivity contribution in [3.8, 4) is 0 Å². The second kappa shape index (κ2) is 17.0. The summed E-state index contributed by atoms with van der Waals surface area (Å²) in [6.45, 7) is 2.18. The van der Waals surface area contributed by atoms with Gasteiger partial charge in [-0.25, -0.2) is 9.59 Å². The smallest absolute Gasteiger partial charge is 0.338 e. The quantitative estimate of drug-likeness (QED) is 0.184. The van der Waals surface area contributed by atoms with Gasteiger partial charge in [-0.3, -0.25) is 4.79 Å². The number of carbonyl (C=O) groups excluding carboxylic acids is 2. The average molecular weight is 558 g/mol.